The first-order valence-corrected chi connectivity index (χ1v) is 8.13. The molecule has 0 aliphatic heterocycles. The van der Waals surface area contributed by atoms with Crippen molar-refractivity contribution in [2.75, 3.05) is 0 Å². The lowest BCUT2D eigenvalue weighted by Crippen LogP contribution is -2.34. The second-order valence-corrected chi connectivity index (χ2v) is 5.89. The number of hydrogen-bond donors (Lipinski definition) is 2. The average Bonchev–Trinajstić information content (AvgIpc) is 3.17. The third-order valence-corrected chi connectivity index (χ3v) is 3.88. The highest BCUT2D eigenvalue weighted by molar-refractivity contribution is 5.92. The summed E-state index contributed by atoms with van der Waals surface area (Å²) in [6.45, 7) is 1.86. The highest BCUT2D eigenvalue weighted by Crippen LogP contribution is 2.18. The van der Waals surface area contributed by atoms with Crippen LogP contribution in [-0.4, -0.2) is 31.8 Å². The van der Waals surface area contributed by atoms with E-state index in [1.54, 1.807) is 35.4 Å². The smallest absolute Gasteiger partial charge is 0.270 e. The number of benzene rings is 1. The summed E-state index contributed by atoms with van der Waals surface area (Å²) >= 11 is 0. The van der Waals surface area contributed by atoms with Crippen LogP contribution >= 0.6 is 0 Å². The lowest BCUT2D eigenvalue weighted by Gasteiger charge is -2.18. The molecule has 25 heavy (non-hydrogen) atoms. The van der Waals surface area contributed by atoms with Gasteiger partial charge < -0.3 is 10.4 Å². The van der Waals surface area contributed by atoms with E-state index in [-0.39, 0.29) is 11.9 Å². The van der Waals surface area contributed by atoms with Gasteiger partial charge in [-0.2, -0.15) is 5.10 Å². The number of rotatable bonds is 6. The van der Waals surface area contributed by atoms with Crippen LogP contribution in [0.3, 0.4) is 0 Å². The predicted molar refractivity (Wildman–Crippen MR) is 94.3 cm³/mol. The fourth-order valence-corrected chi connectivity index (χ4v) is 2.61. The van der Waals surface area contributed by atoms with Crippen molar-refractivity contribution in [2.24, 2.45) is 0 Å². The summed E-state index contributed by atoms with van der Waals surface area (Å²) in [6.07, 6.45) is 4.85. The van der Waals surface area contributed by atoms with Crippen molar-refractivity contribution >= 4 is 5.91 Å². The van der Waals surface area contributed by atoms with Gasteiger partial charge in [0.1, 0.15) is 5.69 Å². The number of aliphatic hydroxyl groups excluding tert-OH is 1. The summed E-state index contributed by atoms with van der Waals surface area (Å²) in [5, 5.41) is 17.3. The van der Waals surface area contributed by atoms with Gasteiger partial charge in [0.15, 0.2) is 0 Å². The van der Waals surface area contributed by atoms with Crippen LogP contribution in [0.1, 0.15) is 35.5 Å². The van der Waals surface area contributed by atoms with E-state index in [4.69, 9.17) is 0 Å². The molecule has 2 atom stereocenters. The Morgan fingerprint density at radius 2 is 2.00 bits per heavy atom. The summed E-state index contributed by atoms with van der Waals surface area (Å²) < 4.78 is 1.67. The van der Waals surface area contributed by atoms with Crippen molar-refractivity contribution < 1.29 is 9.90 Å². The molecular weight excluding hydrogens is 316 g/mol. The molecule has 0 bridgehead atoms. The highest BCUT2D eigenvalue weighted by atomic mass is 16.3. The van der Waals surface area contributed by atoms with Gasteiger partial charge in [-0.05, 0) is 37.1 Å². The second-order valence-electron chi connectivity index (χ2n) is 5.89. The average molecular weight is 336 g/mol. The molecule has 3 rings (SSSR count). The molecule has 1 aromatic carbocycles. The Kier molecular flexibility index (Phi) is 5.20. The number of hydrogen-bond acceptors (Lipinski definition) is 4. The Bertz CT molecular complexity index is 818. The van der Waals surface area contributed by atoms with Crippen molar-refractivity contribution in [1.29, 1.82) is 0 Å². The Hall–Kier alpha value is -2.99. The number of nitrogens with one attached hydrogen (secondary N) is 1. The Balaban J connectivity index is 1.63. The molecule has 2 unspecified atom stereocenters. The third-order valence-electron chi connectivity index (χ3n) is 3.88. The van der Waals surface area contributed by atoms with Crippen molar-refractivity contribution in [1.82, 2.24) is 20.1 Å². The quantitative estimate of drug-likeness (QED) is 0.725. The summed E-state index contributed by atoms with van der Waals surface area (Å²) in [5.41, 5.74) is 1.92. The molecular formula is C19H20N4O2. The first-order chi connectivity index (χ1) is 12.1. The summed E-state index contributed by atoms with van der Waals surface area (Å²) in [5.74, 6) is -0.276. The molecule has 0 aliphatic rings. The van der Waals surface area contributed by atoms with E-state index in [1.807, 2.05) is 43.3 Å². The third kappa shape index (κ3) is 4.30. The summed E-state index contributed by atoms with van der Waals surface area (Å²) in [6, 6.07) is 14.5. The van der Waals surface area contributed by atoms with Gasteiger partial charge in [-0.25, -0.2) is 4.68 Å². The number of carbonyl (C=O) groups excluding carboxylic acids is 1. The van der Waals surface area contributed by atoms with Gasteiger partial charge in [0.05, 0.1) is 11.8 Å². The maximum Gasteiger partial charge on any atom is 0.270 e. The zero-order valence-electron chi connectivity index (χ0n) is 13.9. The van der Waals surface area contributed by atoms with Crippen molar-refractivity contribution in [2.45, 2.75) is 25.5 Å². The maximum atomic E-state index is 12.4. The van der Waals surface area contributed by atoms with Gasteiger partial charge in [-0.3, -0.25) is 9.78 Å². The SMILES string of the molecule is CC(CC(O)c1ccccc1)NC(=O)c1cc(-n2cccn2)ccn1. The van der Waals surface area contributed by atoms with E-state index in [1.165, 1.54) is 0 Å². The lowest BCUT2D eigenvalue weighted by molar-refractivity contribution is 0.0912. The van der Waals surface area contributed by atoms with E-state index in [0.717, 1.165) is 11.3 Å². The Morgan fingerprint density at radius 3 is 2.72 bits per heavy atom. The van der Waals surface area contributed by atoms with Crippen LogP contribution in [0.15, 0.2) is 67.1 Å². The maximum absolute atomic E-state index is 12.4. The second kappa shape index (κ2) is 7.72. The normalized spacial score (nSPS) is 13.2. The highest BCUT2D eigenvalue weighted by Gasteiger charge is 2.16. The van der Waals surface area contributed by atoms with Gasteiger partial charge in [-0.15, -0.1) is 0 Å². The van der Waals surface area contributed by atoms with Crippen LogP contribution in [-0.2, 0) is 0 Å². The fourth-order valence-electron chi connectivity index (χ4n) is 2.61. The molecule has 1 amide bonds. The van der Waals surface area contributed by atoms with Gasteiger partial charge in [-0.1, -0.05) is 30.3 Å². The minimum atomic E-state index is -0.625. The molecule has 0 radical (unpaired) electrons. The molecule has 6 heteroatoms. The van der Waals surface area contributed by atoms with Gasteiger partial charge in [0.2, 0.25) is 0 Å². The molecule has 0 aliphatic carbocycles. The first kappa shape index (κ1) is 16.9. The zero-order valence-corrected chi connectivity index (χ0v) is 13.9. The molecule has 0 fully saturated rings. The zero-order chi connectivity index (χ0) is 17.6. The summed E-state index contributed by atoms with van der Waals surface area (Å²) in [4.78, 5) is 16.5. The molecule has 2 aromatic heterocycles. The lowest BCUT2D eigenvalue weighted by atomic mass is 10.0. The van der Waals surface area contributed by atoms with E-state index < -0.39 is 6.10 Å². The Labute approximate surface area is 146 Å². The number of pyridine rings is 1. The molecule has 6 nitrogen and oxygen atoms in total. The van der Waals surface area contributed by atoms with Gasteiger partial charge in [0, 0.05) is 24.6 Å². The monoisotopic (exact) mass is 336 g/mol. The van der Waals surface area contributed by atoms with Crippen molar-refractivity contribution in [3.8, 4) is 5.69 Å². The standard InChI is InChI=1S/C19H20N4O2/c1-14(12-18(24)15-6-3-2-4-7-15)22-19(25)17-13-16(8-10-20-17)23-11-5-9-21-23/h2-11,13-14,18,24H,12H2,1H3,(H,22,25). The topological polar surface area (TPSA) is 80.0 Å². The number of aromatic nitrogens is 3. The largest absolute Gasteiger partial charge is 0.388 e. The van der Waals surface area contributed by atoms with Crippen LogP contribution in [0.2, 0.25) is 0 Å². The fraction of sp³-hybridized carbons (Fsp3) is 0.211. The molecule has 0 saturated heterocycles. The first-order valence-electron chi connectivity index (χ1n) is 8.13. The minimum Gasteiger partial charge on any atom is -0.388 e. The Morgan fingerprint density at radius 1 is 1.20 bits per heavy atom. The van der Waals surface area contributed by atoms with E-state index in [2.05, 4.69) is 15.4 Å². The molecule has 0 spiro atoms. The molecule has 3 aromatic rings. The number of carbonyl (C=O) groups is 1. The van der Waals surface area contributed by atoms with Crippen LogP contribution < -0.4 is 5.32 Å². The predicted octanol–water partition coefficient (Wildman–Crippen LogP) is 2.51. The van der Waals surface area contributed by atoms with Gasteiger partial charge >= 0.3 is 0 Å². The van der Waals surface area contributed by atoms with E-state index in [0.29, 0.717) is 12.1 Å². The van der Waals surface area contributed by atoms with E-state index in [9.17, 15) is 9.90 Å². The summed E-state index contributed by atoms with van der Waals surface area (Å²) in [7, 11) is 0. The molecule has 0 saturated carbocycles. The molecule has 128 valence electrons. The molecule has 2 N–H and O–H groups in total. The number of amides is 1. The minimum absolute atomic E-state index is 0.196. The van der Waals surface area contributed by atoms with Crippen LogP contribution in [0.5, 0.6) is 0 Å². The molecule has 2 heterocycles. The van der Waals surface area contributed by atoms with Crippen LogP contribution in [0.4, 0.5) is 0 Å². The van der Waals surface area contributed by atoms with Gasteiger partial charge in [0.25, 0.3) is 5.91 Å². The van der Waals surface area contributed by atoms with Crippen LogP contribution in [0, 0.1) is 0 Å². The number of nitrogens with zero attached hydrogens (tertiary/aromatic N) is 3. The number of aliphatic hydroxyl groups is 1. The van der Waals surface area contributed by atoms with Crippen molar-refractivity contribution in [3.63, 3.8) is 0 Å². The van der Waals surface area contributed by atoms with E-state index >= 15 is 0 Å². The van der Waals surface area contributed by atoms with Crippen molar-refractivity contribution in [3.05, 3.63) is 78.4 Å². The van der Waals surface area contributed by atoms with Crippen LogP contribution in [0.25, 0.3) is 5.69 Å².